The Bertz CT molecular complexity index is 433. The summed E-state index contributed by atoms with van der Waals surface area (Å²) in [5.41, 5.74) is 1.16. The van der Waals surface area contributed by atoms with E-state index in [1.165, 1.54) is 6.26 Å². The van der Waals surface area contributed by atoms with E-state index < -0.39 is 0 Å². The predicted molar refractivity (Wildman–Crippen MR) is 35.7 cm³/mol. The molecule has 0 aliphatic heterocycles. The van der Waals surface area contributed by atoms with Crippen molar-refractivity contribution in [3.8, 4) is 6.07 Å². The van der Waals surface area contributed by atoms with Gasteiger partial charge in [-0.25, -0.2) is 0 Å². The van der Waals surface area contributed by atoms with Crippen molar-refractivity contribution in [3.05, 3.63) is 17.5 Å². The van der Waals surface area contributed by atoms with Gasteiger partial charge in [-0.1, -0.05) is 5.16 Å². The summed E-state index contributed by atoms with van der Waals surface area (Å²) in [5.74, 6) is 0.319. The number of hydrogen-bond donors (Lipinski definition) is 0. The lowest BCUT2D eigenvalue weighted by Crippen LogP contribution is -1.71. The number of rotatable bonds is 0. The second-order valence-electron chi connectivity index (χ2n) is 2.19. The molecule has 0 saturated heterocycles. The third kappa shape index (κ3) is 0.649. The highest BCUT2D eigenvalue weighted by molar-refractivity contribution is 5.81. The summed E-state index contributed by atoms with van der Waals surface area (Å²) in [6.45, 7) is 1.77. The summed E-state index contributed by atoms with van der Waals surface area (Å²) in [7, 11) is 0. The molecule has 0 atom stereocenters. The van der Waals surface area contributed by atoms with Gasteiger partial charge in [0.2, 0.25) is 0 Å². The van der Waals surface area contributed by atoms with Crippen LogP contribution in [0.4, 0.5) is 0 Å². The summed E-state index contributed by atoms with van der Waals surface area (Å²) in [5, 5.41) is 12.9. The first-order chi connectivity index (χ1) is 5.33. The van der Waals surface area contributed by atoms with Gasteiger partial charge in [-0.05, 0) is 6.92 Å². The lowest BCUT2D eigenvalue weighted by molar-refractivity contribution is 0.384. The van der Waals surface area contributed by atoms with Crippen LogP contribution in [-0.4, -0.2) is 5.16 Å². The summed E-state index contributed by atoms with van der Waals surface area (Å²) in [6, 6.07) is 1.98. The SMILES string of the molecule is Cc1noc2occ(C#N)c12. The molecule has 2 rings (SSSR count). The predicted octanol–water partition coefficient (Wildman–Crippen LogP) is 1.60. The van der Waals surface area contributed by atoms with Gasteiger partial charge in [0.15, 0.2) is 0 Å². The van der Waals surface area contributed by atoms with Crippen LogP contribution >= 0.6 is 0 Å². The van der Waals surface area contributed by atoms with Crippen molar-refractivity contribution in [2.45, 2.75) is 6.92 Å². The molecule has 4 heteroatoms. The fraction of sp³-hybridized carbons (Fsp3) is 0.143. The van der Waals surface area contributed by atoms with Crippen molar-refractivity contribution >= 4 is 11.2 Å². The van der Waals surface area contributed by atoms with Crippen LogP contribution in [0.1, 0.15) is 11.3 Å². The van der Waals surface area contributed by atoms with Gasteiger partial charge < -0.3 is 8.94 Å². The lowest BCUT2D eigenvalue weighted by atomic mass is 10.2. The number of furan rings is 1. The Kier molecular flexibility index (Phi) is 1.01. The standard InChI is InChI=1S/C7H4N2O2/c1-4-6-5(2-8)3-10-7(6)11-9-4/h3H,1H3. The molecular formula is C7H4N2O2. The molecule has 0 bridgehead atoms. The van der Waals surface area contributed by atoms with Crippen molar-refractivity contribution < 1.29 is 8.94 Å². The first kappa shape index (κ1) is 5.98. The molecule has 2 heterocycles. The van der Waals surface area contributed by atoms with Crippen LogP contribution in [0.15, 0.2) is 15.2 Å². The molecular weight excluding hydrogens is 144 g/mol. The summed E-state index contributed by atoms with van der Waals surface area (Å²) < 4.78 is 9.67. The van der Waals surface area contributed by atoms with Crippen LogP contribution in [0.2, 0.25) is 0 Å². The molecule has 2 aromatic rings. The molecule has 2 aromatic heterocycles. The second kappa shape index (κ2) is 1.86. The molecule has 0 aromatic carbocycles. The lowest BCUT2D eigenvalue weighted by Gasteiger charge is -1.75. The molecule has 0 unspecified atom stereocenters. The van der Waals surface area contributed by atoms with Gasteiger partial charge in [-0.15, -0.1) is 0 Å². The Morgan fingerprint density at radius 2 is 2.45 bits per heavy atom. The molecule has 0 aliphatic carbocycles. The highest BCUT2D eigenvalue weighted by Gasteiger charge is 2.12. The largest absolute Gasteiger partial charge is 0.431 e. The van der Waals surface area contributed by atoms with Crippen LogP contribution in [0.5, 0.6) is 0 Å². The number of fused-ring (bicyclic) bond motifs is 1. The molecule has 0 radical (unpaired) electrons. The Hall–Kier alpha value is -1.76. The molecule has 4 nitrogen and oxygen atoms in total. The third-order valence-electron chi connectivity index (χ3n) is 1.51. The van der Waals surface area contributed by atoms with E-state index in [2.05, 4.69) is 5.16 Å². The third-order valence-corrected chi connectivity index (χ3v) is 1.51. The number of aromatic nitrogens is 1. The van der Waals surface area contributed by atoms with Crippen molar-refractivity contribution in [1.82, 2.24) is 5.16 Å². The Morgan fingerprint density at radius 3 is 3.18 bits per heavy atom. The van der Waals surface area contributed by atoms with E-state index in [1.807, 2.05) is 6.07 Å². The van der Waals surface area contributed by atoms with Crippen molar-refractivity contribution in [1.29, 1.82) is 5.26 Å². The van der Waals surface area contributed by atoms with Crippen LogP contribution in [-0.2, 0) is 0 Å². The highest BCUT2D eigenvalue weighted by Crippen LogP contribution is 2.22. The molecule has 0 aliphatic rings. The van der Waals surface area contributed by atoms with Crippen molar-refractivity contribution in [3.63, 3.8) is 0 Å². The zero-order chi connectivity index (χ0) is 7.84. The smallest absolute Gasteiger partial charge is 0.325 e. The number of aryl methyl sites for hydroxylation is 1. The van der Waals surface area contributed by atoms with Gasteiger partial charge in [0.05, 0.1) is 5.69 Å². The fourth-order valence-corrected chi connectivity index (χ4v) is 0.988. The van der Waals surface area contributed by atoms with Gasteiger partial charge in [-0.3, -0.25) is 0 Å². The average molecular weight is 148 g/mol. The highest BCUT2D eigenvalue weighted by atomic mass is 16.5. The maximum atomic E-state index is 8.59. The average Bonchev–Trinajstić information content (AvgIpc) is 2.54. The molecule has 0 fully saturated rings. The summed E-state index contributed by atoms with van der Waals surface area (Å²) >= 11 is 0. The molecule has 0 spiro atoms. The van der Waals surface area contributed by atoms with E-state index in [-0.39, 0.29) is 0 Å². The maximum absolute atomic E-state index is 8.59. The van der Waals surface area contributed by atoms with Gasteiger partial charge >= 0.3 is 5.78 Å². The monoisotopic (exact) mass is 148 g/mol. The van der Waals surface area contributed by atoms with E-state index >= 15 is 0 Å². The number of nitrogens with zero attached hydrogens (tertiary/aromatic N) is 2. The fourth-order valence-electron chi connectivity index (χ4n) is 0.988. The zero-order valence-electron chi connectivity index (χ0n) is 5.79. The van der Waals surface area contributed by atoms with Crippen molar-refractivity contribution in [2.75, 3.05) is 0 Å². The van der Waals surface area contributed by atoms with Gasteiger partial charge in [-0.2, -0.15) is 5.26 Å². The van der Waals surface area contributed by atoms with Gasteiger partial charge in [0.1, 0.15) is 23.3 Å². The second-order valence-corrected chi connectivity index (χ2v) is 2.19. The van der Waals surface area contributed by atoms with Crippen LogP contribution in [0.3, 0.4) is 0 Å². The maximum Gasteiger partial charge on any atom is 0.325 e. The van der Waals surface area contributed by atoms with Gasteiger partial charge in [0.25, 0.3) is 0 Å². The number of hydrogen-bond acceptors (Lipinski definition) is 4. The summed E-state index contributed by atoms with van der Waals surface area (Å²) in [4.78, 5) is 0. The number of nitriles is 1. The Balaban J connectivity index is 2.94. The first-order valence-electron chi connectivity index (χ1n) is 3.06. The molecule has 0 amide bonds. The van der Waals surface area contributed by atoms with Crippen LogP contribution in [0.25, 0.3) is 11.2 Å². The Morgan fingerprint density at radius 1 is 1.64 bits per heavy atom. The minimum atomic E-state index is 0.319. The van der Waals surface area contributed by atoms with E-state index in [9.17, 15) is 0 Å². The Labute approximate surface area is 62.0 Å². The molecule has 11 heavy (non-hydrogen) atoms. The summed E-state index contributed by atoms with van der Waals surface area (Å²) in [6.07, 6.45) is 1.36. The van der Waals surface area contributed by atoms with Crippen molar-refractivity contribution in [2.24, 2.45) is 0 Å². The zero-order valence-corrected chi connectivity index (χ0v) is 5.79. The topological polar surface area (TPSA) is 63.0 Å². The molecule has 0 saturated carbocycles. The first-order valence-corrected chi connectivity index (χ1v) is 3.06. The minimum absolute atomic E-state index is 0.319. The molecule has 0 N–H and O–H groups in total. The van der Waals surface area contributed by atoms with E-state index in [0.29, 0.717) is 22.4 Å². The van der Waals surface area contributed by atoms with Crippen LogP contribution < -0.4 is 0 Å². The minimum Gasteiger partial charge on any atom is -0.431 e. The van der Waals surface area contributed by atoms with E-state index in [4.69, 9.17) is 14.2 Å². The molecule has 54 valence electrons. The van der Waals surface area contributed by atoms with Gasteiger partial charge in [0, 0.05) is 0 Å². The van der Waals surface area contributed by atoms with Crippen LogP contribution in [0, 0.1) is 18.3 Å². The van der Waals surface area contributed by atoms with E-state index in [0.717, 1.165) is 0 Å². The quantitative estimate of drug-likeness (QED) is 0.569. The normalized spacial score (nSPS) is 10.2. The van der Waals surface area contributed by atoms with E-state index in [1.54, 1.807) is 6.92 Å².